The Labute approximate surface area is 114 Å². The van der Waals surface area contributed by atoms with E-state index in [1.54, 1.807) is 12.1 Å². The first-order valence-corrected chi connectivity index (χ1v) is 7.67. The lowest BCUT2D eigenvalue weighted by molar-refractivity contribution is -0.0340. The van der Waals surface area contributed by atoms with Gasteiger partial charge < -0.3 is 0 Å². The first-order chi connectivity index (χ1) is 8.87. The van der Waals surface area contributed by atoms with Crippen molar-refractivity contribution in [2.24, 2.45) is 5.92 Å². The maximum absolute atomic E-state index is 12.2. The van der Waals surface area contributed by atoms with Gasteiger partial charge in [0.25, 0.3) is 10.1 Å². The second-order valence-corrected chi connectivity index (χ2v) is 6.93. The fourth-order valence-electron chi connectivity index (χ4n) is 2.58. The highest BCUT2D eigenvalue weighted by molar-refractivity contribution is 7.86. The van der Waals surface area contributed by atoms with Gasteiger partial charge in [0, 0.05) is 0 Å². The van der Waals surface area contributed by atoms with Crippen molar-refractivity contribution in [3.63, 3.8) is 0 Å². The molecule has 1 aromatic rings. The largest absolute Gasteiger partial charge is 0.297 e. The van der Waals surface area contributed by atoms with E-state index in [1.165, 1.54) is 12.1 Å². The van der Waals surface area contributed by atoms with E-state index >= 15 is 0 Å². The monoisotopic (exact) mass is 279 g/mol. The molecule has 2 rings (SSSR count). The van der Waals surface area contributed by atoms with Crippen LogP contribution in [-0.2, 0) is 14.3 Å². The molecule has 0 amide bonds. The summed E-state index contributed by atoms with van der Waals surface area (Å²) >= 11 is 0. The van der Waals surface area contributed by atoms with Gasteiger partial charge in [-0.25, -0.2) is 0 Å². The Balaban J connectivity index is 2.21. The first-order valence-electron chi connectivity index (χ1n) is 6.26. The minimum absolute atomic E-state index is 0.114. The van der Waals surface area contributed by atoms with E-state index in [0.29, 0.717) is 18.8 Å². The van der Waals surface area contributed by atoms with Gasteiger partial charge in [0.2, 0.25) is 0 Å². The van der Waals surface area contributed by atoms with E-state index in [2.05, 4.69) is 0 Å². The molecule has 0 spiro atoms. The minimum Gasteiger partial charge on any atom is -0.259 e. The van der Waals surface area contributed by atoms with Crippen molar-refractivity contribution in [1.29, 1.82) is 5.26 Å². The van der Waals surface area contributed by atoms with Gasteiger partial charge in [-0.15, -0.1) is 0 Å². The van der Waals surface area contributed by atoms with Crippen molar-refractivity contribution >= 4 is 10.1 Å². The van der Waals surface area contributed by atoms with Crippen molar-refractivity contribution in [3.8, 4) is 6.07 Å². The molecule has 1 aromatic carbocycles. The van der Waals surface area contributed by atoms with Crippen LogP contribution in [0.4, 0.5) is 0 Å². The molecule has 0 atom stereocenters. The highest BCUT2D eigenvalue weighted by atomic mass is 32.2. The molecule has 0 unspecified atom stereocenters. The Hall–Kier alpha value is -1.38. The second kappa shape index (κ2) is 4.95. The summed E-state index contributed by atoms with van der Waals surface area (Å²) in [5.41, 5.74) is 0.167. The lowest BCUT2D eigenvalue weighted by Crippen LogP contribution is -2.46. The number of nitriles is 1. The number of rotatable bonds is 4. The van der Waals surface area contributed by atoms with Crippen molar-refractivity contribution < 1.29 is 12.6 Å². The zero-order valence-electron chi connectivity index (χ0n) is 11.1. The topological polar surface area (TPSA) is 67.2 Å². The van der Waals surface area contributed by atoms with Crippen molar-refractivity contribution in [3.05, 3.63) is 29.8 Å². The number of aryl methyl sites for hydroxylation is 1. The molecule has 0 N–H and O–H groups in total. The molecule has 0 aliphatic heterocycles. The third-order valence-corrected chi connectivity index (χ3v) is 4.86. The molecule has 5 heteroatoms. The number of benzene rings is 1. The van der Waals surface area contributed by atoms with E-state index in [-0.39, 0.29) is 11.3 Å². The molecule has 19 heavy (non-hydrogen) atoms. The molecule has 0 bridgehead atoms. The summed E-state index contributed by atoms with van der Waals surface area (Å²) < 4.78 is 29.8. The molecule has 1 fully saturated rings. The molecule has 1 aliphatic carbocycles. The third kappa shape index (κ3) is 2.96. The molecular formula is C14H17NO3S. The molecule has 0 radical (unpaired) electrons. The third-order valence-electron chi connectivity index (χ3n) is 3.44. The van der Waals surface area contributed by atoms with Crippen LogP contribution in [0.1, 0.15) is 31.7 Å². The Morgan fingerprint density at radius 3 is 2.42 bits per heavy atom. The maximum atomic E-state index is 12.2. The molecule has 0 heterocycles. The van der Waals surface area contributed by atoms with Crippen LogP contribution < -0.4 is 0 Å². The summed E-state index contributed by atoms with van der Waals surface area (Å²) in [5.74, 6) is 0.404. The highest BCUT2D eigenvalue weighted by Crippen LogP contribution is 2.44. The molecule has 102 valence electrons. The molecule has 0 saturated heterocycles. The Morgan fingerprint density at radius 1 is 1.37 bits per heavy atom. The number of hydrogen-bond donors (Lipinski definition) is 0. The highest BCUT2D eigenvalue weighted by Gasteiger charge is 2.46. The van der Waals surface area contributed by atoms with Gasteiger partial charge in [-0.05, 0) is 37.8 Å². The molecule has 1 aliphatic rings. The summed E-state index contributed by atoms with van der Waals surface area (Å²) in [6.07, 6.45) is 1.35. The van der Waals surface area contributed by atoms with Gasteiger partial charge in [-0.3, -0.25) is 4.18 Å². The summed E-state index contributed by atoms with van der Waals surface area (Å²) in [6, 6.07) is 8.56. The summed E-state index contributed by atoms with van der Waals surface area (Å²) in [6.45, 7) is 3.92. The summed E-state index contributed by atoms with van der Waals surface area (Å²) in [4.78, 5) is 0.148. The van der Waals surface area contributed by atoms with Gasteiger partial charge in [0.15, 0.2) is 0 Å². The zero-order valence-corrected chi connectivity index (χ0v) is 11.9. The van der Waals surface area contributed by atoms with Gasteiger partial charge in [-0.2, -0.15) is 13.7 Å². The SMILES string of the molecule is Cc1ccc(S(=O)(=O)OC2(CC#N)CC(C)C2)cc1. The van der Waals surface area contributed by atoms with Crippen LogP contribution in [-0.4, -0.2) is 14.0 Å². The van der Waals surface area contributed by atoms with Crippen LogP contribution in [0.25, 0.3) is 0 Å². The quantitative estimate of drug-likeness (QED) is 0.795. The molecule has 1 saturated carbocycles. The lowest BCUT2D eigenvalue weighted by atomic mass is 9.70. The smallest absolute Gasteiger partial charge is 0.259 e. The first kappa shape index (κ1) is 14.0. The van der Waals surface area contributed by atoms with Gasteiger partial charge in [0.05, 0.1) is 17.4 Å². The standard InChI is InChI=1S/C14H17NO3S/c1-11-3-5-13(6-4-11)19(16,17)18-14(7-8-15)9-12(2)10-14/h3-6,12H,7,9-10H2,1-2H3. The van der Waals surface area contributed by atoms with Crippen LogP contribution >= 0.6 is 0 Å². The normalized spacial score (nSPS) is 26.5. The number of hydrogen-bond acceptors (Lipinski definition) is 4. The van der Waals surface area contributed by atoms with Crippen LogP contribution in [0.2, 0.25) is 0 Å². The van der Waals surface area contributed by atoms with Crippen molar-refractivity contribution in [1.82, 2.24) is 0 Å². The Bertz CT molecular complexity index is 593. The van der Waals surface area contributed by atoms with Gasteiger partial charge in [0.1, 0.15) is 5.60 Å². The van der Waals surface area contributed by atoms with E-state index in [1.807, 2.05) is 19.9 Å². The summed E-state index contributed by atoms with van der Waals surface area (Å²) in [5, 5.41) is 8.83. The Kier molecular flexibility index (Phi) is 3.66. The van der Waals surface area contributed by atoms with Crippen molar-refractivity contribution in [2.75, 3.05) is 0 Å². The lowest BCUT2D eigenvalue weighted by Gasteiger charge is -2.43. The molecule has 4 nitrogen and oxygen atoms in total. The predicted molar refractivity (Wildman–Crippen MR) is 70.8 cm³/mol. The second-order valence-electron chi connectivity index (χ2n) is 5.38. The van der Waals surface area contributed by atoms with E-state index in [9.17, 15) is 8.42 Å². The van der Waals surface area contributed by atoms with Crippen LogP contribution in [0.15, 0.2) is 29.2 Å². The van der Waals surface area contributed by atoms with Gasteiger partial charge >= 0.3 is 0 Å². The average molecular weight is 279 g/mol. The summed E-state index contributed by atoms with van der Waals surface area (Å²) in [7, 11) is -3.79. The van der Waals surface area contributed by atoms with E-state index in [0.717, 1.165) is 5.56 Å². The predicted octanol–water partition coefficient (Wildman–Crippen LogP) is 2.78. The fraction of sp³-hybridized carbons (Fsp3) is 0.500. The van der Waals surface area contributed by atoms with Crippen LogP contribution in [0.5, 0.6) is 0 Å². The molecule has 0 aromatic heterocycles. The van der Waals surface area contributed by atoms with Crippen LogP contribution in [0.3, 0.4) is 0 Å². The molecular weight excluding hydrogens is 262 g/mol. The van der Waals surface area contributed by atoms with Crippen molar-refractivity contribution in [2.45, 2.75) is 43.6 Å². The van der Waals surface area contributed by atoms with E-state index < -0.39 is 15.7 Å². The van der Waals surface area contributed by atoms with E-state index in [4.69, 9.17) is 9.44 Å². The zero-order chi connectivity index (χ0) is 14.1. The fourth-order valence-corrected chi connectivity index (χ4v) is 3.81. The maximum Gasteiger partial charge on any atom is 0.297 e. The Morgan fingerprint density at radius 2 is 1.95 bits per heavy atom. The minimum atomic E-state index is -3.79. The van der Waals surface area contributed by atoms with Gasteiger partial charge in [-0.1, -0.05) is 24.6 Å². The number of nitrogens with zero attached hydrogens (tertiary/aromatic N) is 1. The average Bonchev–Trinajstić information content (AvgIpc) is 2.27. The van der Waals surface area contributed by atoms with Crippen LogP contribution in [0, 0.1) is 24.2 Å².